The molecule has 0 saturated carbocycles. The quantitative estimate of drug-likeness (QED) is 0.624. The highest BCUT2D eigenvalue weighted by Crippen LogP contribution is 2.16. The van der Waals surface area contributed by atoms with E-state index in [1.807, 2.05) is 0 Å². The molecule has 2 atom stereocenters. The Morgan fingerprint density at radius 3 is 3.00 bits per heavy atom. The molecule has 1 fully saturated rings. The number of hydrogen-bond donors (Lipinski definition) is 1. The number of halogens is 1. The van der Waals surface area contributed by atoms with Crippen LogP contribution in [-0.2, 0) is 0 Å². The van der Waals surface area contributed by atoms with E-state index in [1.165, 1.54) is 6.42 Å². The van der Waals surface area contributed by atoms with Gasteiger partial charge in [-0.3, -0.25) is 4.39 Å². The molecule has 1 heterocycles. The molecule has 0 aromatic heterocycles. The smallest absolute Gasteiger partial charge is 0.0909 e. The average Bonchev–Trinajstić information content (AvgIpc) is 1.88. The SMILES string of the molecule is CC1CCNC(CCF)C1. The molecule has 0 aliphatic carbocycles. The summed E-state index contributed by atoms with van der Waals surface area (Å²) in [5.74, 6) is 0.790. The predicted molar refractivity (Wildman–Crippen MR) is 40.8 cm³/mol. The Bertz CT molecular complexity index is 93.3. The number of rotatable bonds is 2. The lowest BCUT2D eigenvalue weighted by molar-refractivity contribution is 0.287. The summed E-state index contributed by atoms with van der Waals surface area (Å²) < 4.78 is 11.9. The van der Waals surface area contributed by atoms with Crippen LogP contribution in [0.5, 0.6) is 0 Å². The van der Waals surface area contributed by atoms with Gasteiger partial charge in [-0.1, -0.05) is 6.92 Å². The van der Waals surface area contributed by atoms with Crippen LogP contribution in [0.15, 0.2) is 0 Å². The van der Waals surface area contributed by atoms with Crippen LogP contribution in [0, 0.1) is 5.92 Å². The Kier molecular flexibility index (Phi) is 3.13. The van der Waals surface area contributed by atoms with Crippen molar-refractivity contribution in [2.24, 2.45) is 5.92 Å². The first-order chi connectivity index (χ1) is 4.83. The molecule has 0 radical (unpaired) electrons. The fourth-order valence-electron chi connectivity index (χ4n) is 1.57. The van der Waals surface area contributed by atoms with Crippen molar-refractivity contribution in [2.45, 2.75) is 32.2 Å². The van der Waals surface area contributed by atoms with Crippen LogP contribution in [-0.4, -0.2) is 19.3 Å². The van der Waals surface area contributed by atoms with Gasteiger partial charge in [-0.2, -0.15) is 0 Å². The molecule has 1 nitrogen and oxygen atoms in total. The van der Waals surface area contributed by atoms with E-state index in [1.54, 1.807) is 0 Å². The van der Waals surface area contributed by atoms with Gasteiger partial charge in [0.25, 0.3) is 0 Å². The fourth-order valence-corrected chi connectivity index (χ4v) is 1.57. The van der Waals surface area contributed by atoms with Crippen molar-refractivity contribution in [1.29, 1.82) is 0 Å². The van der Waals surface area contributed by atoms with E-state index >= 15 is 0 Å². The van der Waals surface area contributed by atoms with E-state index in [4.69, 9.17) is 0 Å². The van der Waals surface area contributed by atoms with Gasteiger partial charge in [-0.05, 0) is 31.7 Å². The summed E-state index contributed by atoms with van der Waals surface area (Å²) in [4.78, 5) is 0. The molecule has 10 heavy (non-hydrogen) atoms. The van der Waals surface area contributed by atoms with Gasteiger partial charge in [0, 0.05) is 6.04 Å². The molecule has 2 unspecified atom stereocenters. The Hall–Kier alpha value is -0.110. The minimum Gasteiger partial charge on any atom is -0.314 e. The van der Waals surface area contributed by atoms with Crippen LogP contribution in [0.3, 0.4) is 0 Å². The van der Waals surface area contributed by atoms with Crippen LogP contribution in [0.4, 0.5) is 4.39 Å². The van der Waals surface area contributed by atoms with Crippen LogP contribution in [0.1, 0.15) is 26.2 Å². The van der Waals surface area contributed by atoms with E-state index < -0.39 is 0 Å². The summed E-state index contributed by atoms with van der Waals surface area (Å²) >= 11 is 0. The second-order valence-electron chi connectivity index (χ2n) is 3.26. The first-order valence-corrected chi connectivity index (χ1v) is 4.12. The Balaban J connectivity index is 2.18. The van der Waals surface area contributed by atoms with Crippen molar-refractivity contribution in [1.82, 2.24) is 5.32 Å². The van der Waals surface area contributed by atoms with E-state index in [2.05, 4.69) is 12.2 Å². The lowest BCUT2D eigenvalue weighted by atomic mass is 9.93. The normalized spacial score (nSPS) is 34.2. The standard InChI is InChI=1S/C8H16FN/c1-7-3-5-10-8(6-7)2-4-9/h7-8,10H,2-6H2,1H3. The van der Waals surface area contributed by atoms with Gasteiger partial charge in [0.2, 0.25) is 0 Å². The lowest BCUT2D eigenvalue weighted by Crippen LogP contribution is -2.37. The maximum absolute atomic E-state index is 11.9. The van der Waals surface area contributed by atoms with E-state index in [0.29, 0.717) is 12.5 Å². The molecular formula is C8H16FN. The minimum absolute atomic E-state index is 0.176. The Morgan fingerprint density at radius 2 is 2.40 bits per heavy atom. The maximum atomic E-state index is 11.9. The van der Waals surface area contributed by atoms with Gasteiger partial charge in [0.1, 0.15) is 0 Å². The molecule has 0 aromatic carbocycles. The third kappa shape index (κ3) is 2.25. The number of nitrogens with one attached hydrogen (secondary N) is 1. The molecule has 0 bridgehead atoms. The third-order valence-electron chi connectivity index (χ3n) is 2.21. The van der Waals surface area contributed by atoms with E-state index in [-0.39, 0.29) is 6.67 Å². The largest absolute Gasteiger partial charge is 0.314 e. The Morgan fingerprint density at radius 1 is 1.60 bits per heavy atom. The summed E-state index contributed by atoms with van der Waals surface area (Å²) in [6.07, 6.45) is 3.11. The zero-order chi connectivity index (χ0) is 7.40. The first kappa shape index (κ1) is 7.99. The zero-order valence-corrected chi connectivity index (χ0v) is 6.57. The number of alkyl halides is 1. The van der Waals surface area contributed by atoms with Gasteiger partial charge in [0.05, 0.1) is 6.67 Å². The van der Waals surface area contributed by atoms with Crippen molar-refractivity contribution in [3.05, 3.63) is 0 Å². The summed E-state index contributed by atoms with van der Waals surface area (Å²) in [7, 11) is 0. The minimum atomic E-state index is -0.176. The van der Waals surface area contributed by atoms with Crippen molar-refractivity contribution in [3.8, 4) is 0 Å². The second kappa shape index (κ2) is 3.91. The predicted octanol–water partition coefficient (Wildman–Crippen LogP) is 1.73. The molecule has 1 N–H and O–H groups in total. The zero-order valence-electron chi connectivity index (χ0n) is 6.57. The van der Waals surface area contributed by atoms with Crippen LogP contribution in [0.2, 0.25) is 0 Å². The molecule has 2 heteroatoms. The topological polar surface area (TPSA) is 12.0 Å². The van der Waals surface area contributed by atoms with Crippen molar-refractivity contribution in [2.75, 3.05) is 13.2 Å². The van der Waals surface area contributed by atoms with Crippen molar-refractivity contribution in [3.63, 3.8) is 0 Å². The maximum Gasteiger partial charge on any atom is 0.0909 e. The van der Waals surface area contributed by atoms with Gasteiger partial charge in [-0.25, -0.2) is 0 Å². The third-order valence-corrected chi connectivity index (χ3v) is 2.21. The van der Waals surface area contributed by atoms with Gasteiger partial charge >= 0.3 is 0 Å². The highest BCUT2D eigenvalue weighted by Gasteiger charge is 2.16. The molecule has 0 spiro atoms. The molecule has 1 rings (SSSR count). The van der Waals surface area contributed by atoms with Crippen LogP contribution >= 0.6 is 0 Å². The summed E-state index contributed by atoms with van der Waals surface area (Å²) in [5, 5.41) is 3.31. The van der Waals surface area contributed by atoms with E-state index in [0.717, 1.165) is 18.9 Å². The first-order valence-electron chi connectivity index (χ1n) is 4.12. The number of piperidine rings is 1. The fraction of sp³-hybridized carbons (Fsp3) is 1.00. The van der Waals surface area contributed by atoms with Crippen LogP contribution < -0.4 is 5.32 Å². The van der Waals surface area contributed by atoms with Gasteiger partial charge < -0.3 is 5.32 Å². The number of hydrogen-bond acceptors (Lipinski definition) is 1. The second-order valence-corrected chi connectivity index (χ2v) is 3.26. The monoisotopic (exact) mass is 145 g/mol. The van der Waals surface area contributed by atoms with Crippen molar-refractivity contribution < 1.29 is 4.39 Å². The summed E-state index contributed by atoms with van der Waals surface area (Å²) in [6, 6.07) is 0.453. The molecular weight excluding hydrogens is 129 g/mol. The summed E-state index contributed by atoms with van der Waals surface area (Å²) in [5.41, 5.74) is 0. The molecule has 0 amide bonds. The molecule has 1 aliphatic heterocycles. The van der Waals surface area contributed by atoms with Crippen molar-refractivity contribution >= 4 is 0 Å². The van der Waals surface area contributed by atoms with Gasteiger partial charge in [0.15, 0.2) is 0 Å². The molecule has 1 saturated heterocycles. The lowest BCUT2D eigenvalue weighted by Gasteiger charge is -2.27. The molecule has 0 aromatic rings. The highest BCUT2D eigenvalue weighted by molar-refractivity contribution is 4.75. The van der Waals surface area contributed by atoms with Crippen LogP contribution in [0.25, 0.3) is 0 Å². The van der Waals surface area contributed by atoms with Gasteiger partial charge in [-0.15, -0.1) is 0 Å². The molecule has 1 aliphatic rings. The average molecular weight is 145 g/mol. The summed E-state index contributed by atoms with van der Waals surface area (Å²) in [6.45, 7) is 3.14. The molecule has 60 valence electrons. The van der Waals surface area contributed by atoms with E-state index in [9.17, 15) is 4.39 Å². The Labute approximate surface area is 62.0 Å². The highest BCUT2D eigenvalue weighted by atomic mass is 19.1.